The fraction of sp³-hybridized carbons (Fsp3) is 0.308. The number of aromatic nitrogens is 2. The molecule has 0 aliphatic carbocycles. The summed E-state index contributed by atoms with van der Waals surface area (Å²) < 4.78 is 0. The summed E-state index contributed by atoms with van der Waals surface area (Å²) in [6, 6.07) is 4.97. The lowest BCUT2D eigenvalue weighted by Crippen LogP contribution is -2.34. The number of rotatable bonds is 4. The number of carbonyl (C=O) groups is 1. The third-order valence-corrected chi connectivity index (χ3v) is 2.96. The molecule has 0 radical (unpaired) electrons. The molecule has 1 heterocycles. The number of hydrogen-bond donors (Lipinski definition) is 4. The molecule has 0 saturated carbocycles. The summed E-state index contributed by atoms with van der Waals surface area (Å²) in [5, 5.41) is 23.0. The molecule has 7 nitrogen and oxygen atoms in total. The van der Waals surface area contributed by atoms with Crippen LogP contribution >= 0.6 is 0 Å². The summed E-state index contributed by atoms with van der Waals surface area (Å²) in [5.74, 6) is 0.0350. The molecule has 0 aliphatic heterocycles. The van der Waals surface area contributed by atoms with Gasteiger partial charge in [-0.15, -0.1) is 0 Å². The van der Waals surface area contributed by atoms with Gasteiger partial charge in [-0.25, -0.2) is 9.97 Å². The minimum atomic E-state index is -1.13. The van der Waals surface area contributed by atoms with Gasteiger partial charge in [0.25, 0.3) is 0 Å². The van der Waals surface area contributed by atoms with Gasteiger partial charge < -0.3 is 21.3 Å². The van der Waals surface area contributed by atoms with Crippen molar-refractivity contribution in [3.63, 3.8) is 0 Å². The van der Waals surface area contributed by atoms with Gasteiger partial charge in [-0.05, 0) is 17.7 Å². The zero-order chi connectivity index (χ0) is 14.7. The molecule has 2 aromatic rings. The van der Waals surface area contributed by atoms with Crippen LogP contribution in [0.3, 0.4) is 0 Å². The Hall–Kier alpha value is -2.25. The molecule has 0 bridgehead atoms. The van der Waals surface area contributed by atoms with Crippen molar-refractivity contribution in [3.05, 3.63) is 30.1 Å². The van der Waals surface area contributed by atoms with Crippen LogP contribution in [0.4, 0.5) is 5.82 Å². The van der Waals surface area contributed by atoms with Gasteiger partial charge in [-0.3, -0.25) is 4.79 Å². The van der Waals surface area contributed by atoms with E-state index in [0.717, 1.165) is 0 Å². The van der Waals surface area contributed by atoms with Crippen molar-refractivity contribution in [2.45, 2.75) is 19.1 Å². The third-order valence-electron chi connectivity index (χ3n) is 2.96. The molecular formula is C13H16N4O3. The van der Waals surface area contributed by atoms with Gasteiger partial charge in [0.1, 0.15) is 24.4 Å². The summed E-state index contributed by atoms with van der Waals surface area (Å²) in [7, 11) is 0. The largest absolute Gasteiger partial charge is 0.388 e. The standard InChI is InChI=1S/C13H16N4O3/c1-7(18)15-5-11(19)12(20)8-2-3-10-9(4-8)13(14)17-6-16-10/h2-4,6,11-12,19-20H,5H2,1H3,(H,15,18)(H2,14,16,17). The molecule has 0 fully saturated rings. The van der Waals surface area contributed by atoms with Gasteiger partial charge in [0, 0.05) is 18.9 Å². The molecule has 1 amide bonds. The second kappa shape index (κ2) is 5.81. The van der Waals surface area contributed by atoms with Crippen molar-refractivity contribution in [2.24, 2.45) is 0 Å². The number of anilines is 1. The van der Waals surface area contributed by atoms with Gasteiger partial charge >= 0.3 is 0 Å². The zero-order valence-electron chi connectivity index (χ0n) is 10.9. The molecule has 2 atom stereocenters. The smallest absolute Gasteiger partial charge is 0.216 e. The Labute approximate surface area is 115 Å². The van der Waals surface area contributed by atoms with Crippen LogP contribution < -0.4 is 11.1 Å². The first kappa shape index (κ1) is 14.2. The van der Waals surface area contributed by atoms with Crippen LogP contribution in [0.2, 0.25) is 0 Å². The molecule has 0 spiro atoms. The highest BCUT2D eigenvalue weighted by Crippen LogP contribution is 2.23. The summed E-state index contributed by atoms with van der Waals surface area (Å²) in [5.41, 5.74) is 6.89. The Balaban J connectivity index is 2.23. The zero-order valence-corrected chi connectivity index (χ0v) is 10.9. The van der Waals surface area contributed by atoms with Crippen LogP contribution in [0.15, 0.2) is 24.5 Å². The summed E-state index contributed by atoms with van der Waals surface area (Å²) in [6.45, 7) is 1.31. The highest BCUT2D eigenvalue weighted by atomic mass is 16.3. The average molecular weight is 276 g/mol. The summed E-state index contributed by atoms with van der Waals surface area (Å²) >= 11 is 0. The maximum atomic E-state index is 10.8. The number of aliphatic hydroxyl groups is 2. The van der Waals surface area contributed by atoms with Gasteiger partial charge in [0.15, 0.2) is 0 Å². The van der Waals surface area contributed by atoms with E-state index in [-0.39, 0.29) is 12.5 Å². The van der Waals surface area contributed by atoms with E-state index in [1.807, 2.05) is 0 Å². The van der Waals surface area contributed by atoms with E-state index < -0.39 is 12.2 Å². The van der Waals surface area contributed by atoms with Crippen molar-refractivity contribution in [1.29, 1.82) is 0 Å². The molecule has 5 N–H and O–H groups in total. The third kappa shape index (κ3) is 3.01. The first-order valence-corrected chi connectivity index (χ1v) is 6.09. The highest BCUT2D eigenvalue weighted by molar-refractivity contribution is 5.88. The average Bonchev–Trinajstić information content (AvgIpc) is 2.44. The highest BCUT2D eigenvalue weighted by Gasteiger charge is 2.19. The van der Waals surface area contributed by atoms with Crippen molar-refractivity contribution in [2.75, 3.05) is 12.3 Å². The quantitative estimate of drug-likeness (QED) is 0.610. The maximum Gasteiger partial charge on any atom is 0.216 e. The molecule has 7 heteroatoms. The van der Waals surface area contributed by atoms with E-state index in [2.05, 4.69) is 15.3 Å². The van der Waals surface area contributed by atoms with Crippen LogP contribution in [0.1, 0.15) is 18.6 Å². The van der Waals surface area contributed by atoms with Gasteiger partial charge in [0.2, 0.25) is 5.91 Å². The first-order valence-electron chi connectivity index (χ1n) is 6.09. The van der Waals surface area contributed by atoms with Gasteiger partial charge in [-0.1, -0.05) is 6.07 Å². The number of hydrogen-bond acceptors (Lipinski definition) is 6. The van der Waals surface area contributed by atoms with E-state index >= 15 is 0 Å². The number of fused-ring (bicyclic) bond motifs is 1. The Kier molecular flexibility index (Phi) is 4.11. The Bertz CT molecular complexity index is 632. The van der Waals surface area contributed by atoms with E-state index in [9.17, 15) is 15.0 Å². The van der Waals surface area contributed by atoms with E-state index in [4.69, 9.17) is 5.73 Å². The maximum absolute atomic E-state index is 10.8. The summed E-state index contributed by atoms with van der Waals surface area (Å²) in [6.07, 6.45) is -0.882. The minimum absolute atomic E-state index is 0.0324. The van der Waals surface area contributed by atoms with Crippen molar-refractivity contribution < 1.29 is 15.0 Å². The number of aliphatic hydroxyl groups excluding tert-OH is 2. The summed E-state index contributed by atoms with van der Waals surface area (Å²) in [4.78, 5) is 18.7. The lowest BCUT2D eigenvalue weighted by atomic mass is 10.0. The SMILES string of the molecule is CC(=O)NCC(O)C(O)c1ccc2ncnc(N)c2c1. The van der Waals surface area contributed by atoms with E-state index in [1.54, 1.807) is 18.2 Å². The van der Waals surface area contributed by atoms with Gasteiger partial charge in [-0.2, -0.15) is 0 Å². The van der Waals surface area contributed by atoms with Crippen molar-refractivity contribution >= 4 is 22.6 Å². The molecule has 0 saturated heterocycles. The molecule has 2 unspecified atom stereocenters. The second-order valence-corrected chi connectivity index (χ2v) is 4.48. The second-order valence-electron chi connectivity index (χ2n) is 4.48. The Morgan fingerprint density at radius 2 is 2.15 bits per heavy atom. The van der Waals surface area contributed by atoms with Crippen molar-refractivity contribution in [1.82, 2.24) is 15.3 Å². The number of amides is 1. The first-order chi connectivity index (χ1) is 9.49. The van der Waals surface area contributed by atoms with Crippen LogP contribution in [-0.4, -0.2) is 38.7 Å². The number of benzene rings is 1. The minimum Gasteiger partial charge on any atom is -0.388 e. The molecule has 1 aromatic carbocycles. The predicted molar refractivity (Wildman–Crippen MR) is 73.6 cm³/mol. The van der Waals surface area contributed by atoms with Crippen LogP contribution in [0.25, 0.3) is 10.9 Å². The number of nitrogens with one attached hydrogen (secondary N) is 1. The number of nitrogen functional groups attached to an aromatic ring is 1. The molecule has 2 rings (SSSR count). The molecule has 1 aromatic heterocycles. The molecule has 20 heavy (non-hydrogen) atoms. The predicted octanol–water partition coefficient (Wildman–Crippen LogP) is -0.258. The number of nitrogens with zero attached hydrogens (tertiary/aromatic N) is 2. The van der Waals surface area contributed by atoms with Crippen LogP contribution in [0.5, 0.6) is 0 Å². The Morgan fingerprint density at radius 3 is 2.85 bits per heavy atom. The van der Waals surface area contributed by atoms with Crippen LogP contribution in [0, 0.1) is 0 Å². The number of nitrogens with two attached hydrogens (primary N) is 1. The molecular weight excluding hydrogens is 260 g/mol. The molecule has 106 valence electrons. The topological polar surface area (TPSA) is 121 Å². The lowest BCUT2D eigenvalue weighted by Gasteiger charge is -2.18. The monoisotopic (exact) mass is 276 g/mol. The van der Waals surface area contributed by atoms with E-state index in [0.29, 0.717) is 22.3 Å². The normalized spacial score (nSPS) is 13.9. The molecule has 0 aliphatic rings. The fourth-order valence-corrected chi connectivity index (χ4v) is 1.86. The van der Waals surface area contributed by atoms with Gasteiger partial charge in [0.05, 0.1) is 5.52 Å². The Morgan fingerprint density at radius 1 is 1.40 bits per heavy atom. The fourth-order valence-electron chi connectivity index (χ4n) is 1.86. The van der Waals surface area contributed by atoms with E-state index in [1.165, 1.54) is 13.3 Å². The number of carbonyl (C=O) groups excluding carboxylic acids is 1. The van der Waals surface area contributed by atoms with Crippen LogP contribution in [-0.2, 0) is 4.79 Å². The van der Waals surface area contributed by atoms with Crippen molar-refractivity contribution in [3.8, 4) is 0 Å². The lowest BCUT2D eigenvalue weighted by molar-refractivity contribution is -0.119.